The highest BCUT2D eigenvalue weighted by Gasteiger charge is 2.15. The molecule has 0 unspecified atom stereocenters. The number of halogens is 1. The summed E-state index contributed by atoms with van der Waals surface area (Å²) in [5, 5.41) is 3.38. The lowest BCUT2D eigenvalue weighted by Gasteiger charge is -2.25. The van der Waals surface area contributed by atoms with E-state index in [1.165, 1.54) is 0 Å². The Morgan fingerprint density at radius 2 is 2.23 bits per heavy atom. The van der Waals surface area contributed by atoms with Gasteiger partial charge in [0.2, 0.25) is 0 Å². The summed E-state index contributed by atoms with van der Waals surface area (Å²) in [6.45, 7) is 6.47. The van der Waals surface area contributed by atoms with Crippen LogP contribution < -0.4 is 5.32 Å². The van der Waals surface area contributed by atoms with E-state index in [0.717, 1.165) is 15.8 Å². The van der Waals surface area contributed by atoms with Crippen molar-refractivity contribution in [2.75, 3.05) is 5.32 Å². The van der Waals surface area contributed by atoms with Gasteiger partial charge in [0.25, 0.3) is 0 Å². The predicted octanol–water partition coefficient (Wildman–Crippen LogP) is 2.68. The molecule has 1 aromatic rings. The van der Waals surface area contributed by atoms with Crippen molar-refractivity contribution in [2.45, 2.75) is 32.7 Å². The lowest BCUT2D eigenvalue weighted by molar-refractivity contribution is 0.544. The summed E-state index contributed by atoms with van der Waals surface area (Å²) in [5.74, 6) is 0.919. The number of nitrogens with zero attached hydrogens (tertiary/aromatic N) is 2. The van der Waals surface area contributed by atoms with E-state index in [2.05, 4.69) is 58.6 Å². The fourth-order valence-corrected chi connectivity index (χ4v) is 1.25. The summed E-state index contributed by atoms with van der Waals surface area (Å²) in [5.41, 5.74) is 0.0915. The van der Waals surface area contributed by atoms with Gasteiger partial charge in [-0.05, 0) is 42.9 Å². The second kappa shape index (κ2) is 4.21. The summed E-state index contributed by atoms with van der Waals surface area (Å²) in [4.78, 5) is 8.12. The molecule has 0 aliphatic carbocycles. The van der Waals surface area contributed by atoms with Crippen LogP contribution in [0.15, 0.2) is 12.5 Å². The number of rotatable bonds is 3. The van der Waals surface area contributed by atoms with E-state index in [0.29, 0.717) is 0 Å². The minimum atomic E-state index is 0.0915. The molecule has 0 saturated heterocycles. The molecule has 0 bridgehead atoms. The van der Waals surface area contributed by atoms with E-state index < -0.39 is 0 Å². The minimum Gasteiger partial charge on any atom is -0.364 e. The Morgan fingerprint density at radius 1 is 1.54 bits per heavy atom. The molecule has 0 aliphatic heterocycles. The maximum atomic E-state index is 4.18. The van der Waals surface area contributed by atoms with E-state index >= 15 is 0 Å². The van der Waals surface area contributed by atoms with Crippen molar-refractivity contribution in [1.29, 1.82) is 0 Å². The number of hydrogen-bond acceptors (Lipinski definition) is 3. The van der Waals surface area contributed by atoms with Gasteiger partial charge < -0.3 is 5.32 Å². The zero-order valence-corrected chi connectivity index (χ0v) is 10.3. The van der Waals surface area contributed by atoms with Gasteiger partial charge in [0.05, 0.1) is 3.57 Å². The van der Waals surface area contributed by atoms with Crippen LogP contribution in [0.3, 0.4) is 0 Å². The molecule has 0 amide bonds. The third-order valence-corrected chi connectivity index (χ3v) is 2.80. The summed E-state index contributed by atoms with van der Waals surface area (Å²) >= 11 is 2.23. The highest BCUT2D eigenvalue weighted by molar-refractivity contribution is 14.1. The second-order valence-corrected chi connectivity index (χ2v) is 4.74. The predicted molar refractivity (Wildman–Crippen MR) is 62.7 cm³/mol. The van der Waals surface area contributed by atoms with E-state index in [1.54, 1.807) is 6.33 Å². The maximum Gasteiger partial charge on any atom is 0.143 e. The van der Waals surface area contributed by atoms with Crippen molar-refractivity contribution < 1.29 is 0 Å². The highest BCUT2D eigenvalue weighted by Crippen LogP contribution is 2.19. The molecule has 0 aromatic carbocycles. The Kier molecular flexibility index (Phi) is 3.47. The van der Waals surface area contributed by atoms with Crippen molar-refractivity contribution in [3.05, 3.63) is 16.1 Å². The van der Waals surface area contributed by atoms with Gasteiger partial charge in [-0.15, -0.1) is 0 Å². The molecule has 3 nitrogen and oxygen atoms in total. The average molecular weight is 291 g/mol. The lowest BCUT2D eigenvalue weighted by Crippen LogP contribution is -2.30. The standard InChI is InChI=1S/C9H14IN3/c1-4-9(2,3)13-8-7(10)5-11-6-12-8/h5-6H,4H2,1-3H3,(H,11,12,13). The van der Waals surface area contributed by atoms with Crippen molar-refractivity contribution in [2.24, 2.45) is 0 Å². The van der Waals surface area contributed by atoms with Crippen LogP contribution in [-0.2, 0) is 0 Å². The summed E-state index contributed by atoms with van der Waals surface area (Å²) in [6.07, 6.45) is 4.44. The van der Waals surface area contributed by atoms with Crippen molar-refractivity contribution in [3.63, 3.8) is 0 Å². The fraction of sp³-hybridized carbons (Fsp3) is 0.556. The molecule has 0 spiro atoms. The molecule has 0 saturated carbocycles. The third kappa shape index (κ3) is 3.10. The van der Waals surface area contributed by atoms with Crippen molar-refractivity contribution in [1.82, 2.24) is 9.97 Å². The van der Waals surface area contributed by atoms with Gasteiger partial charge in [-0.2, -0.15) is 0 Å². The highest BCUT2D eigenvalue weighted by atomic mass is 127. The normalized spacial score (nSPS) is 11.4. The molecule has 13 heavy (non-hydrogen) atoms. The van der Waals surface area contributed by atoms with Gasteiger partial charge in [0.1, 0.15) is 12.1 Å². The molecule has 0 fully saturated rings. The molecule has 1 aromatic heterocycles. The molecule has 1 N–H and O–H groups in total. The summed E-state index contributed by atoms with van der Waals surface area (Å²) in [6, 6.07) is 0. The van der Waals surface area contributed by atoms with Gasteiger partial charge in [-0.3, -0.25) is 0 Å². The van der Waals surface area contributed by atoms with Crippen molar-refractivity contribution >= 4 is 28.4 Å². The first kappa shape index (κ1) is 10.7. The van der Waals surface area contributed by atoms with E-state index in [4.69, 9.17) is 0 Å². The lowest BCUT2D eigenvalue weighted by atomic mass is 10.0. The van der Waals surface area contributed by atoms with Crippen molar-refractivity contribution in [3.8, 4) is 0 Å². The molecule has 0 atom stereocenters. The number of anilines is 1. The van der Waals surface area contributed by atoms with Gasteiger partial charge in [0, 0.05) is 11.7 Å². The van der Waals surface area contributed by atoms with Gasteiger partial charge >= 0.3 is 0 Å². The van der Waals surface area contributed by atoms with Crippen LogP contribution >= 0.6 is 22.6 Å². The summed E-state index contributed by atoms with van der Waals surface area (Å²) in [7, 11) is 0. The van der Waals surface area contributed by atoms with E-state index in [-0.39, 0.29) is 5.54 Å². The zero-order valence-electron chi connectivity index (χ0n) is 8.13. The minimum absolute atomic E-state index is 0.0915. The molecule has 1 rings (SSSR count). The Hall–Kier alpha value is -0.390. The molecular formula is C9H14IN3. The molecule has 0 aliphatic rings. The fourth-order valence-electron chi connectivity index (χ4n) is 0.814. The molecular weight excluding hydrogens is 277 g/mol. The largest absolute Gasteiger partial charge is 0.364 e. The van der Waals surface area contributed by atoms with Crippen LogP contribution in [-0.4, -0.2) is 15.5 Å². The Morgan fingerprint density at radius 3 is 2.77 bits per heavy atom. The van der Waals surface area contributed by atoms with Gasteiger partial charge in [-0.25, -0.2) is 9.97 Å². The number of nitrogens with one attached hydrogen (secondary N) is 1. The molecule has 0 radical (unpaired) electrons. The first-order valence-corrected chi connectivity index (χ1v) is 5.37. The van der Waals surface area contributed by atoms with Gasteiger partial charge in [-0.1, -0.05) is 6.92 Å². The van der Waals surface area contributed by atoms with Crippen LogP contribution in [0.25, 0.3) is 0 Å². The number of aromatic nitrogens is 2. The Balaban J connectivity index is 2.80. The molecule has 1 heterocycles. The van der Waals surface area contributed by atoms with E-state index in [1.807, 2.05) is 6.20 Å². The first-order chi connectivity index (χ1) is 6.05. The second-order valence-electron chi connectivity index (χ2n) is 3.58. The topological polar surface area (TPSA) is 37.8 Å². The average Bonchev–Trinajstić information content (AvgIpc) is 2.09. The van der Waals surface area contributed by atoms with Crippen LogP contribution in [0, 0.1) is 3.57 Å². The van der Waals surface area contributed by atoms with E-state index in [9.17, 15) is 0 Å². The monoisotopic (exact) mass is 291 g/mol. The van der Waals surface area contributed by atoms with Gasteiger partial charge in [0.15, 0.2) is 0 Å². The van der Waals surface area contributed by atoms with Crippen LogP contribution in [0.4, 0.5) is 5.82 Å². The Bertz CT molecular complexity index is 286. The quantitative estimate of drug-likeness (QED) is 0.870. The third-order valence-electron chi connectivity index (χ3n) is 2.01. The summed E-state index contributed by atoms with van der Waals surface area (Å²) < 4.78 is 1.06. The van der Waals surface area contributed by atoms with Crippen LogP contribution in [0.1, 0.15) is 27.2 Å². The molecule has 72 valence electrons. The maximum absolute atomic E-state index is 4.18. The van der Waals surface area contributed by atoms with Crippen LogP contribution in [0.2, 0.25) is 0 Å². The van der Waals surface area contributed by atoms with Crippen LogP contribution in [0.5, 0.6) is 0 Å². The zero-order chi connectivity index (χ0) is 9.90. The molecule has 4 heteroatoms. The Labute approximate surface area is 92.5 Å². The number of hydrogen-bond donors (Lipinski definition) is 1. The smallest absolute Gasteiger partial charge is 0.143 e. The SMILES string of the molecule is CCC(C)(C)Nc1ncncc1I. The first-order valence-electron chi connectivity index (χ1n) is 4.29.